The summed E-state index contributed by atoms with van der Waals surface area (Å²) < 4.78 is 16.6. The van der Waals surface area contributed by atoms with E-state index < -0.39 is 0 Å². The minimum atomic E-state index is 0.540. The predicted molar refractivity (Wildman–Crippen MR) is 120 cm³/mol. The molecular formula is C24H33N3O3. The predicted octanol–water partition coefficient (Wildman–Crippen LogP) is 3.36. The summed E-state index contributed by atoms with van der Waals surface area (Å²) in [6, 6.07) is 16.4. The van der Waals surface area contributed by atoms with E-state index in [1.165, 1.54) is 11.1 Å². The van der Waals surface area contributed by atoms with Crippen LogP contribution in [0.2, 0.25) is 0 Å². The molecule has 2 aromatic rings. The molecule has 0 spiro atoms. The average Bonchev–Trinajstić information content (AvgIpc) is 3.26. The van der Waals surface area contributed by atoms with Crippen LogP contribution in [0, 0.1) is 5.92 Å². The first-order chi connectivity index (χ1) is 14.7. The molecule has 162 valence electrons. The third kappa shape index (κ3) is 6.13. The summed E-state index contributed by atoms with van der Waals surface area (Å²) in [5, 5.41) is 3.49. The summed E-state index contributed by atoms with van der Waals surface area (Å²) in [4.78, 5) is 6.80. The molecule has 1 unspecified atom stereocenters. The van der Waals surface area contributed by atoms with Crippen LogP contribution in [-0.2, 0) is 17.8 Å². The molecule has 0 saturated carbocycles. The van der Waals surface area contributed by atoms with Crippen LogP contribution in [0.15, 0.2) is 53.5 Å². The number of guanidine groups is 1. The van der Waals surface area contributed by atoms with Crippen molar-refractivity contribution in [2.75, 3.05) is 47.5 Å². The smallest absolute Gasteiger partial charge is 0.193 e. The largest absolute Gasteiger partial charge is 0.493 e. The lowest BCUT2D eigenvalue weighted by Crippen LogP contribution is -2.41. The number of benzene rings is 2. The number of hydrogen-bond donors (Lipinski definition) is 1. The van der Waals surface area contributed by atoms with Crippen molar-refractivity contribution in [1.29, 1.82) is 0 Å². The number of rotatable bonds is 9. The van der Waals surface area contributed by atoms with Crippen LogP contribution in [0.1, 0.15) is 17.5 Å². The number of aliphatic imine (C=N–C) groups is 1. The first-order valence-electron chi connectivity index (χ1n) is 10.5. The summed E-state index contributed by atoms with van der Waals surface area (Å²) in [5.74, 6) is 3.01. The van der Waals surface area contributed by atoms with Crippen molar-refractivity contribution in [3.8, 4) is 11.5 Å². The van der Waals surface area contributed by atoms with Gasteiger partial charge in [-0.05, 0) is 36.1 Å². The van der Waals surface area contributed by atoms with Crippen LogP contribution < -0.4 is 14.8 Å². The fourth-order valence-electron chi connectivity index (χ4n) is 3.77. The lowest BCUT2D eigenvalue weighted by atomic mass is 10.1. The molecule has 1 N–H and O–H groups in total. The van der Waals surface area contributed by atoms with Crippen molar-refractivity contribution in [3.63, 3.8) is 0 Å². The Kier molecular flexibility index (Phi) is 8.39. The lowest BCUT2D eigenvalue weighted by molar-refractivity contribution is 0.0907. The van der Waals surface area contributed by atoms with E-state index in [-0.39, 0.29) is 0 Å². The van der Waals surface area contributed by atoms with Gasteiger partial charge in [-0.25, -0.2) is 0 Å². The van der Waals surface area contributed by atoms with E-state index in [0.29, 0.717) is 12.5 Å². The van der Waals surface area contributed by atoms with Crippen LogP contribution in [0.5, 0.6) is 11.5 Å². The Morgan fingerprint density at radius 1 is 1.07 bits per heavy atom. The number of hydrogen-bond acceptors (Lipinski definition) is 4. The standard InChI is InChI=1S/C24H33N3O3/c1-25-24(26-13-11-19-9-10-22(28-2)23(15-19)29-3)27-14-12-21(16-27)18-30-17-20-7-5-4-6-8-20/h4-10,15,21H,11-14,16-18H2,1-3H3,(H,25,26). The van der Waals surface area contributed by atoms with Crippen molar-refractivity contribution in [1.82, 2.24) is 10.2 Å². The van der Waals surface area contributed by atoms with Gasteiger partial charge in [0.2, 0.25) is 0 Å². The molecule has 3 rings (SSSR count). The van der Waals surface area contributed by atoms with E-state index >= 15 is 0 Å². The second-order valence-electron chi connectivity index (χ2n) is 7.51. The van der Waals surface area contributed by atoms with Gasteiger partial charge in [0.15, 0.2) is 17.5 Å². The highest BCUT2D eigenvalue weighted by molar-refractivity contribution is 5.80. The maximum Gasteiger partial charge on any atom is 0.193 e. The summed E-state index contributed by atoms with van der Waals surface area (Å²) in [5.41, 5.74) is 2.42. The van der Waals surface area contributed by atoms with Gasteiger partial charge in [-0.2, -0.15) is 0 Å². The van der Waals surface area contributed by atoms with E-state index in [2.05, 4.69) is 33.4 Å². The SMILES string of the molecule is CN=C(NCCc1ccc(OC)c(OC)c1)N1CCC(COCc2ccccc2)C1. The molecule has 0 bridgehead atoms. The summed E-state index contributed by atoms with van der Waals surface area (Å²) >= 11 is 0. The van der Waals surface area contributed by atoms with Gasteiger partial charge in [-0.1, -0.05) is 36.4 Å². The molecule has 2 aromatic carbocycles. The maximum absolute atomic E-state index is 5.94. The fraction of sp³-hybridized carbons (Fsp3) is 0.458. The van der Waals surface area contributed by atoms with Gasteiger partial charge in [0.25, 0.3) is 0 Å². The Morgan fingerprint density at radius 3 is 2.60 bits per heavy atom. The highest BCUT2D eigenvalue weighted by atomic mass is 16.5. The van der Waals surface area contributed by atoms with E-state index in [4.69, 9.17) is 14.2 Å². The zero-order valence-corrected chi connectivity index (χ0v) is 18.3. The molecule has 1 fully saturated rings. The molecule has 0 amide bonds. The maximum atomic E-state index is 5.94. The molecule has 0 radical (unpaired) electrons. The van der Waals surface area contributed by atoms with Crippen LogP contribution in [0.4, 0.5) is 0 Å². The molecular weight excluding hydrogens is 378 g/mol. The number of methoxy groups -OCH3 is 2. The molecule has 6 nitrogen and oxygen atoms in total. The summed E-state index contributed by atoms with van der Waals surface area (Å²) in [7, 11) is 5.16. The zero-order valence-electron chi connectivity index (χ0n) is 18.3. The van der Waals surface area contributed by atoms with E-state index in [9.17, 15) is 0 Å². The second-order valence-corrected chi connectivity index (χ2v) is 7.51. The quantitative estimate of drug-likeness (QED) is 0.507. The molecule has 6 heteroatoms. The third-order valence-electron chi connectivity index (χ3n) is 5.41. The van der Waals surface area contributed by atoms with Crippen LogP contribution in [-0.4, -0.2) is 58.4 Å². The minimum absolute atomic E-state index is 0.540. The number of nitrogens with one attached hydrogen (secondary N) is 1. The topological polar surface area (TPSA) is 55.3 Å². The third-order valence-corrected chi connectivity index (χ3v) is 5.41. The Morgan fingerprint density at radius 2 is 1.87 bits per heavy atom. The molecule has 1 aliphatic rings. The molecule has 1 atom stereocenters. The monoisotopic (exact) mass is 411 g/mol. The zero-order chi connectivity index (χ0) is 21.2. The fourth-order valence-corrected chi connectivity index (χ4v) is 3.77. The Balaban J connectivity index is 1.41. The number of nitrogens with zero attached hydrogens (tertiary/aromatic N) is 2. The molecule has 30 heavy (non-hydrogen) atoms. The van der Waals surface area contributed by atoms with Crippen molar-refractivity contribution in [3.05, 3.63) is 59.7 Å². The van der Waals surface area contributed by atoms with Gasteiger partial charge < -0.3 is 24.4 Å². The van der Waals surface area contributed by atoms with Crippen LogP contribution >= 0.6 is 0 Å². The van der Waals surface area contributed by atoms with Gasteiger partial charge in [0.1, 0.15) is 0 Å². The second kappa shape index (κ2) is 11.5. The Hall–Kier alpha value is -2.73. The molecule has 1 heterocycles. The lowest BCUT2D eigenvalue weighted by Gasteiger charge is -2.22. The van der Waals surface area contributed by atoms with Gasteiger partial charge in [0, 0.05) is 32.6 Å². The van der Waals surface area contributed by atoms with Crippen molar-refractivity contribution < 1.29 is 14.2 Å². The Labute approximate surface area is 179 Å². The molecule has 0 aromatic heterocycles. The normalized spacial score (nSPS) is 16.6. The van der Waals surface area contributed by atoms with Gasteiger partial charge in [-0.3, -0.25) is 4.99 Å². The van der Waals surface area contributed by atoms with Crippen molar-refractivity contribution in [2.45, 2.75) is 19.4 Å². The van der Waals surface area contributed by atoms with E-state index in [1.54, 1.807) is 14.2 Å². The highest BCUT2D eigenvalue weighted by Crippen LogP contribution is 2.27. The minimum Gasteiger partial charge on any atom is -0.493 e. The van der Waals surface area contributed by atoms with Gasteiger partial charge in [0.05, 0.1) is 27.4 Å². The van der Waals surface area contributed by atoms with E-state index in [0.717, 1.165) is 56.5 Å². The highest BCUT2D eigenvalue weighted by Gasteiger charge is 2.24. The van der Waals surface area contributed by atoms with Crippen LogP contribution in [0.25, 0.3) is 0 Å². The van der Waals surface area contributed by atoms with Gasteiger partial charge in [-0.15, -0.1) is 0 Å². The Bertz CT molecular complexity index is 811. The molecule has 0 aliphatic carbocycles. The summed E-state index contributed by atoms with van der Waals surface area (Å²) in [6.07, 6.45) is 2.02. The first-order valence-corrected chi connectivity index (χ1v) is 10.5. The molecule has 1 aliphatic heterocycles. The number of ether oxygens (including phenoxy) is 3. The van der Waals surface area contributed by atoms with Crippen LogP contribution in [0.3, 0.4) is 0 Å². The van der Waals surface area contributed by atoms with Crippen molar-refractivity contribution >= 4 is 5.96 Å². The first kappa shape index (κ1) is 22.0. The van der Waals surface area contributed by atoms with Gasteiger partial charge >= 0.3 is 0 Å². The summed E-state index contributed by atoms with van der Waals surface area (Å²) in [6.45, 7) is 4.26. The average molecular weight is 412 g/mol. The number of likely N-dealkylation sites (tertiary alicyclic amines) is 1. The van der Waals surface area contributed by atoms with Crippen molar-refractivity contribution in [2.24, 2.45) is 10.9 Å². The molecule has 1 saturated heterocycles. The van der Waals surface area contributed by atoms with E-state index in [1.807, 2.05) is 37.4 Å².